The van der Waals surface area contributed by atoms with Crippen LogP contribution in [0.2, 0.25) is 0 Å². The van der Waals surface area contributed by atoms with Gasteiger partial charge in [0, 0.05) is 13.2 Å². The quantitative estimate of drug-likeness (QED) is 0.699. The molecule has 1 atom stereocenters. The van der Waals surface area contributed by atoms with Crippen molar-refractivity contribution in [3.05, 3.63) is 0 Å². The van der Waals surface area contributed by atoms with Crippen molar-refractivity contribution in [3.63, 3.8) is 0 Å². The number of carbonyl (C=O) groups is 1. The largest absolute Gasteiger partial charge is 0.378 e. The molecule has 16 heavy (non-hydrogen) atoms. The van der Waals surface area contributed by atoms with Crippen molar-refractivity contribution in [2.75, 3.05) is 19.4 Å². The standard InChI is InChI=1S/C12H23NO2S/c1-10(16-2)12(14)13-8-5-9-15-11-6-3-4-7-11/h10-11H,3-9H2,1-2H3,(H,13,14)/t10-/m0/s1. The van der Waals surface area contributed by atoms with Gasteiger partial charge in [0.15, 0.2) is 0 Å². The molecule has 1 rings (SSSR count). The second kappa shape index (κ2) is 7.96. The van der Waals surface area contributed by atoms with Gasteiger partial charge >= 0.3 is 0 Å². The zero-order valence-corrected chi connectivity index (χ0v) is 11.1. The molecule has 3 nitrogen and oxygen atoms in total. The summed E-state index contributed by atoms with van der Waals surface area (Å²) in [7, 11) is 0. The minimum Gasteiger partial charge on any atom is -0.378 e. The molecule has 0 unspecified atom stereocenters. The van der Waals surface area contributed by atoms with E-state index in [1.54, 1.807) is 11.8 Å². The summed E-state index contributed by atoms with van der Waals surface area (Å²) in [6.07, 6.45) is 8.42. The molecule has 1 saturated carbocycles. The van der Waals surface area contributed by atoms with Crippen molar-refractivity contribution in [1.29, 1.82) is 0 Å². The Hall–Kier alpha value is -0.220. The van der Waals surface area contributed by atoms with E-state index in [1.807, 2.05) is 13.2 Å². The SMILES string of the molecule is CS[C@@H](C)C(=O)NCCCOC1CCCC1. The number of nitrogens with one attached hydrogen (secondary N) is 1. The van der Waals surface area contributed by atoms with Crippen molar-refractivity contribution in [2.24, 2.45) is 0 Å². The number of hydrogen-bond acceptors (Lipinski definition) is 3. The molecule has 0 heterocycles. The van der Waals surface area contributed by atoms with Gasteiger partial charge in [-0.2, -0.15) is 11.8 Å². The maximum absolute atomic E-state index is 11.4. The summed E-state index contributed by atoms with van der Waals surface area (Å²) in [5.74, 6) is 0.133. The van der Waals surface area contributed by atoms with E-state index < -0.39 is 0 Å². The molecule has 1 N–H and O–H groups in total. The molecule has 0 aliphatic heterocycles. The smallest absolute Gasteiger partial charge is 0.232 e. The first-order chi connectivity index (χ1) is 7.74. The molecular formula is C12H23NO2S. The number of carbonyl (C=O) groups excluding carboxylic acids is 1. The van der Waals surface area contributed by atoms with Crippen LogP contribution in [0.1, 0.15) is 39.0 Å². The Labute approximate surface area is 103 Å². The number of rotatable bonds is 7. The Morgan fingerprint density at radius 2 is 2.19 bits per heavy atom. The Bertz CT molecular complexity index is 205. The van der Waals surface area contributed by atoms with Gasteiger partial charge in [-0.1, -0.05) is 12.8 Å². The molecule has 1 amide bonds. The van der Waals surface area contributed by atoms with E-state index in [0.717, 1.165) is 19.6 Å². The third kappa shape index (κ3) is 5.21. The van der Waals surface area contributed by atoms with Gasteiger partial charge in [-0.25, -0.2) is 0 Å². The Morgan fingerprint density at radius 1 is 1.50 bits per heavy atom. The highest BCUT2D eigenvalue weighted by molar-refractivity contribution is 7.99. The summed E-state index contributed by atoms with van der Waals surface area (Å²) in [6.45, 7) is 3.43. The zero-order valence-electron chi connectivity index (χ0n) is 10.3. The molecule has 1 aliphatic rings. The zero-order chi connectivity index (χ0) is 11.8. The highest BCUT2D eigenvalue weighted by Crippen LogP contribution is 2.20. The van der Waals surface area contributed by atoms with Gasteiger partial charge < -0.3 is 10.1 Å². The van der Waals surface area contributed by atoms with Crippen molar-refractivity contribution >= 4 is 17.7 Å². The minimum absolute atomic E-state index is 0.0516. The molecule has 94 valence electrons. The first-order valence-corrected chi connectivity index (χ1v) is 7.45. The third-order valence-corrected chi connectivity index (χ3v) is 3.92. The first kappa shape index (κ1) is 13.8. The predicted octanol–water partition coefficient (Wildman–Crippen LogP) is 2.20. The van der Waals surface area contributed by atoms with Crippen LogP contribution in [0.3, 0.4) is 0 Å². The minimum atomic E-state index is 0.0516. The van der Waals surface area contributed by atoms with Crippen molar-refractivity contribution < 1.29 is 9.53 Å². The Kier molecular flexibility index (Phi) is 6.88. The summed E-state index contributed by atoms with van der Waals surface area (Å²) in [4.78, 5) is 11.4. The first-order valence-electron chi connectivity index (χ1n) is 6.16. The Morgan fingerprint density at radius 3 is 2.81 bits per heavy atom. The molecule has 1 fully saturated rings. The van der Waals surface area contributed by atoms with Crippen LogP contribution in [-0.4, -0.2) is 36.7 Å². The lowest BCUT2D eigenvalue weighted by Crippen LogP contribution is -2.32. The van der Waals surface area contributed by atoms with Crippen molar-refractivity contribution in [1.82, 2.24) is 5.32 Å². The number of ether oxygens (including phenoxy) is 1. The number of amides is 1. The van der Waals surface area contributed by atoms with Crippen LogP contribution in [0.5, 0.6) is 0 Å². The fourth-order valence-corrected chi connectivity index (χ4v) is 2.14. The lowest BCUT2D eigenvalue weighted by Gasteiger charge is -2.12. The van der Waals surface area contributed by atoms with Crippen LogP contribution in [-0.2, 0) is 9.53 Å². The molecule has 0 aromatic heterocycles. The molecule has 0 spiro atoms. The molecule has 0 aromatic carbocycles. The fourth-order valence-electron chi connectivity index (χ4n) is 1.84. The average Bonchev–Trinajstić information content (AvgIpc) is 2.80. The van der Waals surface area contributed by atoms with E-state index >= 15 is 0 Å². The van der Waals surface area contributed by atoms with Gasteiger partial charge in [0.05, 0.1) is 11.4 Å². The summed E-state index contributed by atoms with van der Waals surface area (Å²) < 4.78 is 5.72. The van der Waals surface area contributed by atoms with Gasteiger partial charge in [-0.05, 0) is 32.4 Å². The monoisotopic (exact) mass is 245 g/mol. The van der Waals surface area contributed by atoms with Crippen LogP contribution < -0.4 is 5.32 Å². The highest BCUT2D eigenvalue weighted by Gasteiger charge is 2.14. The van der Waals surface area contributed by atoms with Crippen molar-refractivity contribution in [2.45, 2.75) is 50.4 Å². The maximum Gasteiger partial charge on any atom is 0.232 e. The van der Waals surface area contributed by atoms with Crippen LogP contribution in [0.4, 0.5) is 0 Å². The van der Waals surface area contributed by atoms with Crippen LogP contribution in [0.15, 0.2) is 0 Å². The molecule has 4 heteroatoms. The van der Waals surface area contributed by atoms with Gasteiger partial charge in [-0.15, -0.1) is 0 Å². The summed E-state index contributed by atoms with van der Waals surface area (Å²) in [5, 5.41) is 2.97. The highest BCUT2D eigenvalue weighted by atomic mass is 32.2. The van der Waals surface area contributed by atoms with Gasteiger partial charge in [0.1, 0.15) is 0 Å². The van der Waals surface area contributed by atoms with Gasteiger partial charge in [0.25, 0.3) is 0 Å². The average molecular weight is 245 g/mol. The van der Waals surface area contributed by atoms with E-state index in [1.165, 1.54) is 25.7 Å². The number of hydrogen-bond donors (Lipinski definition) is 1. The van der Waals surface area contributed by atoms with Crippen LogP contribution >= 0.6 is 11.8 Å². The molecule has 1 aliphatic carbocycles. The van der Waals surface area contributed by atoms with Gasteiger partial charge in [-0.3, -0.25) is 4.79 Å². The molecule has 0 aromatic rings. The molecule has 0 radical (unpaired) electrons. The van der Waals surface area contributed by atoms with E-state index in [4.69, 9.17) is 4.74 Å². The summed E-state index contributed by atoms with van der Waals surface area (Å²) >= 11 is 1.57. The lowest BCUT2D eigenvalue weighted by atomic mass is 10.3. The molecular weight excluding hydrogens is 222 g/mol. The van der Waals surface area contributed by atoms with Crippen molar-refractivity contribution in [3.8, 4) is 0 Å². The number of thioether (sulfide) groups is 1. The summed E-state index contributed by atoms with van der Waals surface area (Å²) in [6, 6.07) is 0. The van der Waals surface area contributed by atoms with Crippen LogP contribution in [0, 0.1) is 0 Å². The fraction of sp³-hybridized carbons (Fsp3) is 0.917. The van der Waals surface area contributed by atoms with Gasteiger partial charge in [0.2, 0.25) is 5.91 Å². The van der Waals surface area contributed by atoms with E-state index in [2.05, 4.69) is 5.32 Å². The van der Waals surface area contributed by atoms with Crippen LogP contribution in [0.25, 0.3) is 0 Å². The Balaban J connectivity index is 1.93. The van der Waals surface area contributed by atoms with E-state index in [0.29, 0.717) is 6.10 Å². The summed E-state index contributed by atoms with van der Waals surface area (Å²) in [5.41, 5.74) is 0. The van der Waals surface area contributed by atoms with E-state index in [9.17, 15) is 4.79 Å². The lowest BCUT2D eigenvalue weighted by molar-refractivity contribution is -0.120. The normalized spacial score (nSPS) is 18.6. The molecule has 0 saturated heterocycles. The second-order valence-corrected chi connectivity index (χ2v) is 5.48. The molecule has 0 bridgehead atoms. The predicted molar refractivity (Wildman–Crippen MR) is 68.8 cm³/mol. The van der Waals surface area contributed by atoms with E-state index in [-0.39, 0.29) is 11.2 Å². The maximum atomic E-state index is 11.4. The topological polar surface area (TPSA) is 38.3 Å². The second-order valence-electron chi connectivity index (χ2n) is 4.30. The third-order valence-electron chi connectivity index (χ3n) is 3.00.